The summed E-state index contributed by atoms with van der Waals surface area (Å²) in [7, 11) is 0. The van der Waals surface area contributed by atoms with Gasteiger partial charge >= 0.3 is 11.9 Å². The Labute approximate surface area is 105 Å². The largest absolute Gasteiger partial charge is 0.482 e. The molecule has 18 heavy (non-hydrogen) atoms. The van der Waals surface area contributed by atoms with Gasteiger partial charge in [0.2, 0.25) is 0 Å². The van der Waals surface area contributed by atoms with Crippen LogP contribution in [0.15, 0.2) is 24.3 Å². The van der Waals surface area contributed by atoms with E-state index in [4.69, 9.17) is 14.6 Å². The van der Waals surface area contributed by atoms with Gasteiger partial charge < -0.3 is 14.6 Å². The van der Waals surface area contributed by atoms with Crippen LogP contribution < -0.4 is 4.74 Å². The zero-order valence-electron chi connectivity index (χ0n) is 10.2. The molecule has 0 amide bonds. The first kappa shape index (κ1) is 14.0. The second kappa shape index (κ2) is 7.32. The number of carbonyl (C=O) groups excluding carboxylic acids is 1. The average Bonchev–Trinajstić information content (AvgIpc) is 2.35. The molecule has 98 valence electrons. The van der Waals surface area contributed by atoms with E-state index in [9.17, 15) is 9.59 Å². The zero-order chi connectivity index (χ0) is 13.4. The van der Waals surface area contributed by atoms with Crippen LogP contribution >= 0.6 is 0 Å². The van der Waals surface area contributed by atoms with Crippen LogP contribution in [-0.2, 0) is 20.7 Å². The van der Waals surface area contributed by atoms with Gasteiger partial charge in [0.15, 0.2) is 6.61 Å². The number of carboxylic acids is 1. The highest BCUT2D eigenvalue weighted by Crippen LogP contribution is 2.13. The highest BCUT2D eigenvalue weighted by molar-refractivity contribution is 5.71. The average molecular weight is 252 g/mol. The summed E-state index contributed by atoms with van der Waals surface area (Å²) in [5, 5.41) is 8.55. The molecule has 0 aliphatic heterocycles. The number of aryl methyl sites for hydroxylation is 1. The normalized spacial score (nSPS) is 9.83. The molecule has 5 nitrogen and oxygen atoms in total. The van der Waals surface area contributed by atoms with Crippen molar-refractivity contribution in [1.82, 2.24) is 0 Å². The Morgan fingerprint density at radius 3 is 2.44 bits per heavy atom. The summed E-state index contributed by atoms with van der Waals surface area (Å²) in [4.78, 5) is 21.5. The van der Waals surface area contributed by atoms with E-state index in [1.165, 1.54) is 0 Å². The molecule has 0 atom stereocenters. The van der Waals surface area contributed by atoms with Gasteiger partial charge in [-0.3, -0.25) is 4.79 Å². The first-order valence-corrected chi connectivity index (χ1v) is 5.71. The minimum Gasteiger partial charge on any atom is -0.482 e. The molecule has 1 rings (SSSR count). The summed E-state index contributed by atoms with van der Waals surface area (Å²) in [6.45, 7) is 1.94. The van der Waals surface area contributed by atoms with E-state index in [2.05, 4.69) is 0 Å². The van der Waals surface area contributed by atoms with Crippen molar-refractivity contribution in [2.45, 2.75) is 19.8 Å². The molecule has 5 heteroatoms. The Balaban J connectivity index is 2.40. The minimum atomic E-state index is -0.822. The van der Waals surface area contributed by atoms with Crippen molar-refractivity contribution in [3.05, 3.63) is 29.8 Å². The Bertz CT molecular complexity index is 396. The van der Waals surface area contributed by atoms with Crippen LogP contribution in [0, 0.1) is 0 Å². The van der Waals surface area contributed by atoms with Crippen LogP contribution in [0.5, 0.6) is 5.75 Å². The molecule has 0 aliphatic rings. The number of hydrogen-bond donors (Lipinski definition) is 1. The number of rotatable bonds is 7. The molecule has 0 fully saturated rings. The van der Waals surface area contributed by atoms with Gasteiger partial charge in [0.05, 0.1) is 6.61 Å². The molecule has 0 aromatic heterocycles. The van der Waals surface area contributed by atoms with Gasteiger partial charge in [0.1, 0.15) is 5.75 Å². The summed E-state index contributed by atoms with van der Waals surface area (Å²) in [6, 6.07) is 6.97. The van der Waals surface area contributed by atoms with Crippen LogP contribution in [0.3, 0.4) is 0 Å². The lowest BCUT2D eigenvalue weighted by Crippen LogP contribution is -2.14. The highest BCUT2D eigenvalue weighted by Gasteiger charge is 2.03. The Morgan fingerprint density at radius 1 is 1.22 bits per heavy atom. The topological polar surface area (TPSA) is 72.8 Å². The third-order valence-electron chi connectivity index (χ3n) is 2.21. The molecular formula is C13H16O5. The molecule has 0 heterocycles. The SMILES string of the molecule is CCOC(=O)COc1ccc(CCC(=O)O)cc1. The standard InChI is InChI=1S/C13H16O5/c1-2-17-13(16)9-18-11-6-3-10(4-7-11)5-8-12(14)15/h3-4,6-7H,2,5,8-9H2,1H3,(H,14,15). The Kier molecular flexibility index (Phi) is 5.70. The number of benzene rings is 1. The number of aliphatic carboxylic acids is 1. The Morgan fingerprint density at radius 2 is 1.89 bits per heavy atom. The maximum Gasteiger partial charge on any atom is 0.344 e. The number of ether oxygens (including phenoxy) is 2. The van der Waals surface area contributed by atoms with E-state index < -0.39 is 11.9 Å². The van der Waals surface area contributed by atoms with Gasteiger partial charge in [0, 0.05) is 6.42 Å². The molecule has 1 aromatic rings. The third kappa shape index (κ3) is 5.34. The van der Waals surface area contributed by atoms with E-state index in [0.29, 0.717) is 18.8 Å². The first-order chi connectivity index (χ1) is 8.61. The highest BCUT2D eigenvalue weighted by atomic mass is 16.6. The molecule has 0 saturated heterocycles. The number of carboxylic acid groups (broad SMARTS) is 1. The molecular weight excluding hydrogens is 236 g/mol. The molecule has 0 unspecified atom stereocenters. The van der Waals surface area contributed by atoms with E-state index >= 15 is 0 Å². The van der Waals surface area contributed by atoms with E-state index in [1.54, 1.807) is 31.2 Å². The minimum absolute atomic E-state index is 0.100. The molecule has 0 bridgehead atoms. The molecule has 0 saturated carbocycles. The van der Waals surface area contributed by atoms with E-state index in [-0.39, 0.29) is 13.0 Å². The monoisotopic (exact) mass is 252 g/mol. The fraction of sp³-hybridized carbons (Fsp3) is 0.385. The number of carbonyl (C=O) groups is 2. The van der Waals surface area contributed by atoms with Gasteiger partial charge in [-0.15, -0.1) is 0 Å². The predicted molar refractivity (Wildman–Crippen MR) is 64.5 cm³/mol. The quantitative estimate of drug-likeness (QED) is 0.747. The van der Waals surface area contributed by atoms with Gasteiger partial charge in [-0.2, -0.15) is 0 Å². The summed E-state index contributed by atoms with van der Waals surface area (Å²) in [6.07, 6.45) is 0.580. The van der Waals surface area contributed by atoms with Crippen molar-refractivity contribution in [1.29, 1.82) is 0 Å². The van der Waals surface area contributed by atoms with Crippen LogP contribution in [0.4, 0.5) is 0 Å². The maximum atomic E-state index is 11.0. The first-order valence-electron chi connectivity index (χ1n) is 5.71. The zero-order valence-corrected chi connectivity index (χ0v) is 10.2. The van der Waals surface area contributed by atoms with Gasteiger partial charge in [-0.05, 0) is 31.0 Å². The van der Waals surface area contributed by atoms with Crippen molar-refractivity contribution in [3.63, 3.8) is 0 Å². The van der Waals surface area contributed by atoms with Crippen molar-refractivity contribution in [3.8, 4) is 5.75 Å². The van der Waals surface area contributed by atoms with Crippen molar-refractivity contribution in [2.75, 3.05) is 13.2 Å². The lowest BCUT2D eigenvalue weighted by Gasteiger charge is -2.06. The number of hydrogen-bond acceptors (Lipinski definition) is 4. The molecule has 1 N–H and O–H groups in total. The van der Waals surface area contributed by atoms with Crippen LogP contribution in [-0.4, -0.2) is 30.3 Å². The molecule has 0 aliphatic carbocycles. The maximum absolute atomic E-state index is 11.0. The summed E-state index contributed by atoms with van der Waals surface area (Å²) in [5.41, 5.74) is 0.917. The van der Waals surface area contributed by atoms with E-state index in [1.807, 2.05) is 0 Å². The summed E-state index contributed by atoms with van der Waals surface area (Å²) < 4.78 is 9.93. The van der Waals surface area contributed by atoms with Crippen LogP contribution in [0.25, 0.3) is 0 Å². The molecule has 0 spiro atoms. The lowest BCUT2D eigenvalue weighted by molar-refractivity contribution is -0.145. The Hall–Kier alpha value is -2.04. The number of esters is 1. The van der Waals surface area contributed by atoms with Gasteiger partial charge in [-0.1, -0.05) is 12.1 Å². The van der Waals surface area contributed by atoms with Crippen molar-refractivity contribution in [2.24, 2.45) is 0 Å². The molecule has 0 radical (unpaired) electrons. The summed E-state index contributed by atoms with van der Waals surface area (Å²) >= 11 is 0. The van der Waals surface area contributed by atoms with Gasteiger partial charge in [-0.25, -0.2) is 4.79 Å². The second-order valence-electron chi connectivity index (χ2n) is 3.63. The third-order valence-corrected chi connectivity index (χ3v) is 2.21. The van der Waals surface area contributed by atoms with Crippen LogP contribution in [0.2, 0.25) is 0 Å². The van der Waals surface area contributed by atoms with E-state index in [0.717, 1.165) is 5.56 Å². The smallest absolute Gasteiger partial charge is 0.344 e. The van der Waals surface area contributed by atoms with Crippen molar-refractivity contribution >= 4 is 11.9 Å². The predicted octanol–water partition coefficient (Wildman–Crippen LogP) is 1.65. The lowest BCUT2D eigenvalue weighted by atomic mass is 10.1. The van der Waals surface area contributed by atoms with Crippen molar-refractivity contribution < 1.29 is 24.2 Å². The molecule has 1 aromatic carbocycles. The summed E-state index contributed by atoms with van der Waals surface area (Å²) in [5.74, 6) is -0.674. The van der Waals surface area contributed by atoms with Crippen LogP contribution in [0.1, 0.15) is 18.9 Å². The fourth-order valence-electron chi connectivity index (χ4n) is 1.35. The fourth-order valence-corrected chi connectivity index (χ4v) is 1.35. The van der Waals surface area contributed by atoms with Gasteiger partial charge in [0.25, 0.3) is 0 Å². The second-order valence-corrected chi connectivity index (χ2v) is 3.63.